The summed E-state index contributed by atoms with van der Waals surface area (Å²) < 4.78 is 33.3. The van der Waals surface area contributed by atoms with E-state index in [1.54, 1.807) is 18.2 Å². The number of benzene rings is 1. The number of carbonyl (C=O) groups is 2. The average molecular weight is 497 g/mol. The van der Waals surface area contributed by atoms with Crippen LogP contribution in [-0.2, 0) is 24.3 Å². The Labute approximate surface area is 199 Å². The molecule has 0 atom stereocenters. The third-order valence-electron chi connectivity index (χ3n) is 6.41. The molecule has 182 valence electrons. The van der Waals surface area contributed by atoms with Crippen LogP contribution in [0.3, 0.4) is 0 Å². The standard InChI is InChI=1S/C22H32N4O5S2/c1-17-4-7-25(8-5-17)33(29,30)18-2-3-20-19(14-18)26(22(28)16-32-20)15-21(27)23-6-9-24-10-12-31-13-11-24/h2-3,14,17H,4-13,15-16H2,1H3,(H,23,27). The van der Waals surface area contributed by atoms with E-state index in [1.807, 2.05) is 0 Å². The maximum atomic E-state index is 13.2. The number of hydrogen-bond acceptors (Lipinski definition) is 7. The number of hydrogen-bond donors (Lipinski definition) is 1. The Morgan fingerprint density at radius 2 is 1.91 bits per heavy atom. The summed E-state index contributed by atoms with van der Waals surface area (Å²) >= 11 is 1.37. The van der Waals surface area contributed by atoms with Gasteiger partial charge in [-0.1, -0.05) is 6.92 Å². The Balaban J connectivity index is 1.44. The maximum absolute atomic E-state index is 13.2. The molecule has 1 aromatic rings. The summed E-state index contributed by atoms with van der Waals surface area (Å²) in [5, 5.41) is 2.88. The molecule has 0 unspecified atom stereocenters. The highest BCUT2D eigenvalue weighted by atomic mass is 32.2. The van der Waals surface area contributed by atoms with Gasteiger partial charge in [0.2, 0.25) is 21.8 Å². The van der Waals surface area contributed by atoms with Gasteiger partial charge in [-0.3, -0.25) is 14.5 Å². The second kappa shape index (κ2) is 10.7. The second-order valence-corrected chi connectivity index (χ2v) is 11.7. The Morgan fingerprint density at radius 3 is 2.64 bits per heavy atom. The molecule has 0 radical (unpaired) electrons. The topological polar surface area (TPSA) is 99.3 Å². The first-order chi connectivity index (χ1) is 15.8. The van der Waals surface area contributed by atoms with Crippen LogP contribution in [0.1, 0.15) is 19.8 Å². The van der Waals surface area contributed by atoms with E-state index in [0.717, 1.165) is 37.4 Å². The zero-order chi connectivity index (χ0) is 23.4. The van der Waals surface area contributed by atoms with Crippen molar-refractivity contribution in [3.05, 3.63) is 18.2 Å². The zero-order valence-electron chi connectivity index (χ0n) is 19.0. The molecule has 1 aromatic carbocycles. The number of sulfonamides is 1. The number of rotatable bonds is 7. The molecular weight excluding hydrogens is 464 g/mol. The van der Waals surface area contributed by atoms with Crippen LogP contribution in [-0.4, -0.2) is 94.2 Å². The molecule has 11 heteroatoms. The van der Waals surface area contributed by atoms with Crippen LogP contribution >= 0.6 is 11.8 Å². The number of ether oxygens (including phenoxy) is 1. The van der Waals surface area contributed by atoms with Crippen molar-refractivity contribution in [2.24, 2.45) is 5.92 Å². The van der Waals surface area contributed by atoms with Gasteiger partial charge in [0.1, 0.15) is 6.54 Å². The van der Waals surface area contributed by atoms with E-state index in [1.165, 1.54) is 21.0 Å². The third kappa shape index (κ3) is 5.89. The van der Waals surface area contributed by atoms with E-state index in [4.69, 9.17) is 4.74 Å². The van der Waals surface area contributed by atoms with Gasteiger partial charge in [0.05, 0.1) is 29.5 Å². The first kappa shape index (κ1) is 24.5. The zero-order valence-corrected chi connectivity index (χ0v) is 20.6. The molecule has 2 amide bonds. The number of thioether (sulfide) groups is 1. The third-order valence-corrected chi connectivity index (χ3v) is 9.35. The van der Waals surface area contributed by atoms with Gasteiger partial charge in [0, 0.05) is 44.2 Å². The summed E-state index contributed by atoms with van der Waals surface area (Å²) in [6.45, 7) is 7.33. The van der Waals surface area contributed by atoms with Crippen molar-refractivity contribution in [1.82, 2.24) is 14.5 Å². The van der Waals surface area contributed by atoms with Gasteiger partial charge >= 0.3 is 0 Å². The van der Waals surface area contributed by atoms with Crippen LogP contribution in [0.25, 0.3) is 0 Å². The maximum Gasteiger partial charge on any atom is 0.243 e. The van der Waals surface area contributed by atoms with Crippen molar-refractivity contribution in [2.75, 3.05) is 69.7 Å². The van der Waals surface area contributed by atoms with Crippen molar-refractivity contribution in [3.63, 3.8) is 0 Å². The van der Waals surface area contributed by atoms with E-state index in [0.29, 0.717) is 44.5 Å². The van der Waals surface area contributed by atoms with E-state index in [-0.39, 0.29) is 29.0 Å². The number of amides is 2. The molecule has 3 aliphatic heterocycles. The molecule has 0 spiro atoms. The van der Waals surface area contributed by atoms with Gasteiger partial charge in [-0.25, -0.2) is 8.42 Å². The van der Waals surface area contributed by atoms with Crippen LogP contribution in [0.5, 0.6) is 0 Å². The highest BCUT2D eigenvalue weighted by molar-refractivity contribution is 8.00. The normalized spacial score (nSPS) is 21.1. The summed E-state index contributed by atoms with van der Waals surface area (Å²) in [5.74, 6) is 0.292. The van der Waals surface area contributed by atoms with Gasteiger partial charge in [-0.05, 0) is 37.0 Å². The smallest absolute Gasteiger partial charge is 0.243 e. The molecule has 1 N–H and O–H groups in total. The SMILES string of the molecule is CC1CCN(S(=O)(=O)c2ccc3c(c2)N(CC(=O)NCCN2CCOCC2)C(=O)CS3)CC1. The summed E-state index contributed by atoms with van der Waals surface area (Å²) in [7, 11) is -3.65. The molecule has 9 nitrogen and oxygen atoms in total. The van der Waals surface area contributed by atoms with Gasteiger partial charge < -0.3 is 15.0 Å². The molecule has 33 heavy (non-hydrogen) atoms. The van der Waals surface area contributed by atoms with Gasteiger partial charge in [-0.2, -0.15) is 4.31 Å². The fourth-order valence-corrected chi connectivity index (χ4v) is 6.67. The Bertz CT molecular complexity index is 973. The molecule has 2 saturated heterocycles. The second-order valence-electron chi connectivity index (χ2n) is 8.79. The predicted molar refractivity (Wildman–Crippen MR) is 127 cm³/mol. The molecular formula is C22H32N4O5S2. The summed E-state index contributed by atoms with van der Waals surface area (Å²) in [6.07, 6.45) is 1.69. The van der Waals surface area contributed by atoms with Crippen LogP contribution in [0.4, 0.5) is 5.69 Å². The van der Waals surface area contributed by atoms with Gasteiger partial charge in [-0.15, -0.1) is 11.8 Å². The lowest BCUT2D eigenvalue weighted by atomic mass is 10.0. The molecule has 0 saturated carbocycles. The highest BCUT2D eigenvalue weighted by Crippen LogP contribution is 2.37. The van der Waals surface area contributed by atoms with E-state index >= 15 is 0 Å². The molecule has 3 heterocycles. The quantitative estimate of drug-likeness (QED) is 0.601. The van der Waals surface area contributed by atoms with Crippen molar-refractivity contribution in [1.29, 1.82) is 0 Å². The van der Waals surface area contributed by atoms with E-state index in [2.05, 4.69) is 17.1 Å². The molecule has 0 aliphatic carbocycles. The summed E-state index contributed by atoms with van der Waals surface area (Å²) in [4.78, 5) is 29.9. The number of anilines is 1. The van der Waals surface area contributed by atoms with Crippen molar-refractivity contribution >= 4 is 39.3 Å². The highest BCUT2D eigenvalue weighted by Gasteiger charge is 2.32. The Hall–Kier alpha value is -1.66. The lowest BCUT2D eigenvalue weighted by Crippen LogP contribution is -2.46. The van der Waals surface area contributed by atoms with Gasteiger partial charge in [0.25, 0.3) is 0 Å². The first-order valence-corrected chi connectivity index (χ1v) is 13.9. The van der Waals surface area contributed by atoms with Crippen LogP contribution in [0.2, 0.25) is 0 Å². The number of fused-ring (bicyclic) bond motifs is 1. The lowest BCUT2D eigenvalue weighted by Gasteiger charge is -2.31. The Kier molecular flexibility index (Phi) is 7.95. The van der Waals surface area contributed by atoms with E-state index in [9.17, 15) is 18.0 Å². The fourth-order valence-electron chi connectivity index (χ4n) is 4.27. The van der Waals surface area contributed by atoms with Crippen molar-refractivity contribution < 1.29 is 22.7 Å². The van der Waals surface area contributed by atoms with Crippen LogP contribution < -0.4 is 10.2 Å². The lowest BCUT2D eigenvalue weighted by molar-refractivity contribution is -0.123. The van der Waals surface area contributed by atoms with Crippen molar-refractivity contribution in [3.8, 4) is 0 Å². The van der Waals surface area contributed by atoms with Crippen LogP contribution in [0, 0.1) is 5.92 Å². The number of morpholine rings is 1. The largest absolute Gasteiger partial charge is 0.379 e. The number of carbonyl (C=O) groups excluding carboxylic acids is 2. The minimum Gasteiger partial charge on any atom is -0.379 e. The molecule has 3 aliphatic rings. The summed E-state index contributed by atoms with van der Waals surface area (Å²) in [6, 6.07) is 4.90. The predicted octanol–water partition coefficient (Wildman–Crippen LogP) is 0.994. The molecule has 4 rings (SSSR count). The minimum atomic E-state index is -3.65. The number of nitrogens with one attached hydrogen (secondary N) is 1. The summed E-state index contributed by atoms with van der Waals surface area (Å²) in [5.41, 5.74) is 0.492. The Morgan fingerprint density at radius 1 is 1.18 bits per heavy atom. The number of piperidine rings is 1. The molecule has 0 aromatic heterocycles. The first-order valence-electron chi connectivity index (χ1n) is 11.5. The number of nitrogens with zero attached hydrogens (tertiary/aromatic N) is 3. The monoisotopic (exact) mass is 496 g/mol. The molecule has 0 bridgehead atoms. The average Bonchev–Trinajstić information content (AvgIpc) is 2.81. The molecule has 2 fully saturated rings. The van der Waals surface area contributed by atoms with Crippen molar-refractivity contribution in [2.45, 2.75) is 29.6 Å². The fraction of sp³-hybridized carbons (Fsp3) is 0.636. The van der Waals surface area contributed by atoms with Crippen LogP contribution in [0.15, 0.2) is 28.0 Å². The van der Waals surface area contributed by atoms with E-state index < -0.39 is 10.0 Å². The van der Waals surface area contributed by atoms with Gasteiger partial charge in [0.15, 0.2) is 0 Å². The minimum absolute atomic E-state index is 0.125.